The molecule has 128 valence electrons. The van der Waals surface area contributed by atoms with E-state index in [1.165, 1.54) is 37.8 Å². The molecule has 0 aromatic carbocycles. The molecule has 0 bridgehead atoms. The molecule has 5 heteroatoms. The lowest BCUT2D eigenvalue weighted by Gasteiger charge is -2.32. The van der Waals surface area contributed by atoms with Gasteiger partial charge in [-0.1, -0.05) is 0 Å². The Morgan fingerprint density at radius 1 is 1.09 bits per heavy atom. The van der Waals surface area contributed by atoms with E-state index in [0.717, 1.165) is 42.9 Å². The van der Waals surface area contributed by atoms with Gasteiger partial charge in [0.1, 0.15) is 0 Å². The molecule has 0 spiro atoms. The maximum Gasteiger partial charge on any atom is 0.225 e. The highest BCUT2D eigenvalue weighted by molar-refractivity contribution is 5.37. The zero-order valence-corrected chi connectivity index (χ0v) is 15.1. The second kappa shape index (κ2) is 7.14. The van der Waals surface area contributed by atoms with E-state index in [0.29, 0.717) is 6.04 Å². The van der Waals surface area contributed by atoms with Crippen LogP contribution in [0, 0.1) is 19.8 Å². The molecule has 1 aromatic heterocycles. The Kier molecular flexibility index (Phi) is 5.17. The number of aryl methyl sites for hydroxylation is 2. The SMILES string of the molecule is CNC1CCN(c2nc(C)c(CN(C)CC3CC3)c(C)n2)CC1. The first-order chi connectivity index (χ1) is 11.1. The summed E-state index contributed by atoms with van der Waals surface area (Å²) in [6.07, 6.45) is 5.15. The molecule has 0 amide bonds. The summed E-state index contributed by atoms with van der Waals surface area (Å²) in [6, 6.07) is 0.642. The summed E-state index contributed by atoms with van der Waals surface area (Å²) in [6.45, 7) is 8.54. The summed E-state index contributed by atoms with van der Waals surface area (Å²) in [5.41, 5.74) is 3.60. The van der Waals surface area contributed by atoms with Crippen LogP contribution < -0.4 is 10.2 Å². The van der Waals surface area contributed by atoms with E-state index in [1.54, 1.807) is 0 Å². The zero-order chi connectivity index (χ0) is 16.4. The normalized spacial score (nSPS) is 19.6. The van der Waals surface area contributed by atoms with Crippen LogP contribution >= 0.6 is 0 Å². The lowest BCUT2D eigenvalue weighted by atomic mass is 10.1. The third kappa shape index (κ3) is 4.21. The largest absolute Gasteiger partial charge is 0.341 e. The highest BCUT2D eigenvalue weighted by Gasteiger charge is 2.24. The van der Waals surface area contributed by atoms with Gasteiger partial charge < -0.3 is 15.1 Å². The van der Waals surface area contributed by atoms with Crippen molar-refractivity contribution in [1.29, 1.82) is 0 Å². The average Bonchev–Trinajstić information content (AvgIpc) is 3.34. The van der Waals surface area contributed by atoms with E-state index in [9.17, 15) is 0 Å². The second-order valence-electron chi connectivity index (χ2n) is 7.36. The Hall–Kier alpha value is -1.20. The van der Waals surface area contributed by atoms with Gasteiger partial charge in [0.2, 0.25) is 5.95 Å². The molecule has 1 saturated carbocycles. The smallest absolute Gasteiger partial charge is 0.225 e. The second-order valence-corrected chi connectivity index (χ2v) is 7.36. The first-order valence-electron chi connectivity index (χ1n) is 9.01. The molecule has 2 fully saturated rings. The number of aromatic nitrogens is 2. The van der Waals surface area contributed by atoms with Crippen LogP contribution in [-0.4, -0.2) is 54.6 Å². The van der Waals surface area contributed by atoms with Crippen molar-refractivity contribution < 1.29 is 0 Å². The molecule has 1 aliphatic heterocycles. The highest BCUT2D eigenvalue weighted by atomic mass is 15.3. The Morgan fingerprint density at radius 2 is 1.70 bits per heavy atom. The van der Waals surface area contributed by atoms with Crippen LogP contribution in [-0.2, 0) is 6.54 Å². The number of rotatable bonds is 6. The van der Waals surface area contributed by atoms with Gasteiger partial charge >= 0.3 is 0 Å². The van der Waals surface area contributed by atoms with E-state index >= 15 is 0 Å². The van der Waals surface area contributed by atoms with Gasteiger partial charge in [0, 0.05) is 49.2 Å². The monoisotopic (exact) mass is 317 g/mol. The molecule has 2 heterocycles. The topological polar surface area (TPSA) is 44.3 Å². The molecule has 1 aliphatic carbocycles. The fraction of sp³-hybridized carbons (Fsp3) is 0.778. The summed E-state index contributed by atoms with van der Waals surface area (Å²) in [5.74, 6) is 1.84. The van der Waals surface area contributed by atoms with E-state index < -0.39 is 0 Å². The van der Waals surface area contributed by atoms with Crippen molar-refractivity contribution in [1.82, 2.24) is 20.2 Å². The first-order valence-corrected chi connectivity index (χ1v) is 9.01. The van der Waals surface area contributed by atoms with Gasteiger partial charge in [-0.2, -0.15) is 0 Å². The van der Waals surface area contributed by atoms with Crippen molar-refractivity contribution in [2.75, 3.05) is 38.6 Å². The minimum Gasteiger partial charge on any atom is -0.341 e. The van der Waals surface area contributed by atoms with Gasteiger partial charge in [-0.05, 0) is 59.5 Å². The molecule has 1 aromatic rings. The van der Waals surface area contributed by atoms with Crippen LogP contribution in [0.3, 0.4) is 0 Å². The predicted octanol–water partition coefficient (Wildman–Crippen LogP) is 2.12. The maximum absolute atomic E-state index is 4.82. The van der Waals surface area contributed by atoms with Crippen molar-refractivity contribution in [3.05, 3.63) is 17.0 Å². The summed E-state index contributed by atoms with van der Waals surface area (Å²) in [4.78, 5) is 14.4. The lowest BCUT2D eigenvalue weighted by molar-refractivity contribution is 0.311. The first kappa shape index (κ1) is 16.7. The molecular weight excluding hydrogens is 286 g/mol. The molecule has 1 saturated heterocycles. The van der Waals surface area contributed by atoms with E-state index in [4.69, 9.17) is 9.97 Å². The molecule has 1 N–H and O–H groups in total. The van der Waals surface area contributed by atoms with Gasteiger partial charge in [-0.3, -0.25) is 0 Å². The summed E-state index contributed by atoms with van der Waals surface area (Å²) >= 11 is 0. The molecule has 23 heavy (non-hydrogen) atoms. The maximum atomic E-state index is 4.82. The van der Waals surface area contributed by atoms with Crippen LogP contribution in [0.5, 0.6) is 0 Å². The highest BCUT2D eigenvalue weighted by Crippen LogP contribution is 2.30. The van der Waals surface area contributed by atoms with Crippen molar-refractivity contribution in [2.45, 2.75) is 52.1 Å². The van der Waals surface area contributed by atoms with Crippen LogP contribution in [0.25, 0.3) is 0 Å². The van der Waals surface area contributed by atoms with Gasteiger partial charge in [0.15, 0.2) is 0 Å². The minimum atomic E-state index is 0.642. The Labute approximate surface area is 140 Å². The fourth-order valence-corrected chi connectivity index (χ4v) is 3.54. The van der Waals surface area contributed by atoms with Gasteiger partial charge in [-0.15, -0.1) is 0 Å². The number of piperidine rings is 1. The molecule has 0 unspecified atom stereocenters. The number of hydrogen-bond acceptors (Lipinski definition) is 5. The molecule has 2 aliphatic rings. The van der Waals surface area contributed by atoms with Crippen LogP contribution in [0.2, 0.25) is 0 Å². The van der Waals surface area contributed by atoms with Crippen molar-refractivity contribution in [2.24, 2.45) is 5.92 Å². The van der Waals surface area contributed by atoms with Crippen molar-refractivity contribution in [3.8, 4) is 0 Å². The minimum absolute atomic E-state index is 0.642. The quantitative estimate of drug-likeness (QED) is 0.871. The van der Waals surface area contributed by atoms with Gasteiger partial charge in [0.05, 0.1) is 0 Å². The lowest BCUT2D eigenvalue weighted by Crippen LogP contribution is -2.42. The Bertz CT molecular complexity index is 509. The zero-order valence-electron chi connectivity index (χ0n) is 15.1. The molecule has 0 radical (unpaired) electrons. The van der Waals surface area contributed by atoms with Crippen LogP contribution in [0.15, 0.2) is 0 Å². The van der Waals surface area contributed by atoms with E-state index in [2.05, 4.69) is 43.1 Å². The van der Waals surface area contributed by atoms with E-state index in [-0.39, 0.29) is 0 Å². The molecule has 0 atom stereocenters. The number of nitrogens with zero attached hydrogens (tertiary/aromatic N) is 4. The van der Waals surface area contributed by atoms with Crippen molar-refractivity contribution >= 4 is 5.95 Å². The summed E-state index contributed by atoms with van der Waals surface area (Å²) in [7, 11) is 4.27. The van der Waals surface area contributed by atoms with Gasteiger partial charge in [-0.25, -0.2) is 9.97 Å². The van der Waals surface area contributed by atoms with Crippen LogP contribution in [0.1, 0.15) is 42.6 Å². The average molecular weight is 317 g/mol. The van der Waals surface area contributed by atoms with Crippen LogP contribution in [0.4, 0.5) is 5.95 Å². The third-order valence-electron chi connectivity index (χ3n) is 5.29. The number of hydrogen-bond donors (Lipinski definition) is 1. The molecule has 3 rings (SSSR count). The fourth-order valence-electron chi connectivity index (χ4n) is 3.54. The number of anilines is 1. The predicted molar refractivity (Wildman–Crippen MR) is 94.9 cm³/mol. The summed E-state index contributed by atoms with van der Waals surface area (Å²) < 4.78 is 0. The molecular formula is C18H31N5. The standard InChI is InChI=1S/C18H31N5/c1-13-17(12-22(4)11-15-5-6-15)14(2)21-18(20-13)23-9-7-16(19-3)8-10-23/h15-16,19H,5-12H2,1-4H3. The Balaban J connectivity index is 1.67. The third-order valence-corrected chi connectivity index (χ3v) is 5.29. The number of nitrogens with one attached hydrogen (secondary N) is 1. The van der Waals surface area contributed by atoms with Crippen molar-refractivity contribution in [3.63, 3.8) is 0 Å². The van der Waals surface area contributed by atoms with E-state index in [1.807, 2.05) is 0 Å². The summed E-state index contributed by atoms with van der Waals surface area (Å²) in [5, 5.41) is 3.38. The molecule has 5 nitrogen and oxygen atoms in total. The van der Waals surface area contributed by atoms with Gasteiger partial charge in [0.25, 0.3) is 0 Å². The Morgan fingerprint density at radius 3 is 2.22 bits per heavy atom.